The second kappa shape index (κ2) is 5.59. The zero-order chi connectivity index (χ0) is 12.1. The van der Waals surface area contributed by atoms with Crippen molar-refractivity contribution < 1.29 is 4.84 Å². The van der Waals surface area contributed by atoms with Crippen LogP contribution in [0.1, 0.15) is 23.3 Å². The highest BCUT2D eigenvalue weighted by Gasteiger charge is 2.21. The van der Waals surface area contributed by atoms with E-state index in [0.717, 1.165) is 11.1 Å². The van der Waals surface area contributed by atoms with E-state index in [-0.39, 0.29) is 12.1 Å². The smallest absolute Gasteiger partial charge is 0.123 e. The van der Waals surface area contributed by atoms with Crippen molar-refractivity contribution in [2.24, 2.45) is 11.6 Å². The Morgan fingerprint density at radius 3 is 1.71 bits per heavy atom. The van der Waals surface area contributed by atoms with Crippen molar-refractivity contribution in [2.45, 2.75) is 12.1 Å². The molecule has 2 aromatic rings. The fourth-order valence-electron chi connectivity index (χ4n) is 1.86. The molecule has 3 nitrogen and oxygen atoms in total. The summed E-state index contributed by atoms with van der Waals surface area (Å²) in [5.74, 6) is 5.36. The molecule has 0 spiro atoms. The van der Waals surface area contributed by atoms with Crippen LogP contribution in [0.5, 0.6) is 0 Å². The second-order valence-corrected chi connectivity index (χ2v) is 3.90. The third kappa shape index (κ3) is 2.71. The standard InChI is InChI=1S/C14H16N2O/c15-13(11-7-3-1-4-8-11)14(17-16)12-9-5-2-6-10-12/h1-10,13-14H,15-16H2/t13-,14+/m0/s1. The Morgan fingerprint density at radius 2 is 1.24 bits per heavy atom. The summed E-state index contributed by atoms with van der Waals surface area (Å²) in [5.41, 5.74) is 8.16. The van der Waals surface area contributed by atoms with Crippen molar-refractivity contribution in [1.29, 1.82) is 0 Å². The second-order valence-electron chi connectivity index (χ2n) is 3.90. The molecule has 17 heavy (non-hydrogen) atoms. The van der Waals surface area contributed by atoms with Crippen molar-refractivity contribution in [3.8, 4) is 0 Å². The largest absolute Gasteiger partial charge is 0.321 e. The first-order valence-corrected chi connectivity index (χ1v) is 5.54. The Morgan fingerprint density at radius 1 is 0.765 bits per heavy atom. The molecule has 2 rings (SSSR count). The molecule has 2 aromatic carbocycles. The minimum atomic E-state index is -0.335. The van der Waals surface area contributed by atoms with Crippen molar-refractivity contribution >= 4 is 0 Å². The summed E-state index contributed by atoms with van der Waals surface area (Å²) in [6, 6.07) is 19.3. The maximum Gasteiger partial charge on any atom is 0.123 e. The topological polar surface area (TPSA) is 61.3 Å². The molecule has 0 unspecified atom stereocenters. The van der Waals surface area contributed by atoms with Crippen LogP contribution in [-0.4, -0.2) is 0 Å². The lowest BCUT2D eigenvalue weighted by Gasteiger charge is -2.22. The summed E-state index contributed by atoms with van der Waals surface area (Å²) < 4.78 is 0. The van der Waals surface area contributed by atoms with E-state index in [0.29, 0.717) is 0 Å². The van der Waals surface area contributed by atoms with Gasteiger partial charge >= 0.3 is 0 Å². The van der Waals surface area contributed by atoms with Crippen molar-refractivity contribution in [2.75, 3.05) is 0 Å². The van der Waals surface area contributed by atoms with E-state index in [9.17, 15) is 0 Å². The molecular weight excluding hydrogens is 212 g/mol. The third-order valence-electron chi connectivity index (χ3n) is 2.79. The molecule has 0 saturated carbocycles. The Kier molecular flexibility index (Phi) is 3.88. The average molecular weight is 228 g/mol. The van der Waals surface area contributed by atoms with Crippen molar-refractivity contribution in [1.82, 2.24) is 0 Å². The number of nitrogens with two attached hydrogens (primary N) is 2. The van der Waals surface area contributed by atoms with E-state index in [2.05, 4.69) is 0 Å². The molecule has 0 aliphatic rings. The Balaban J connectivity index is 2.25. The van der Waals surface area contributed by atoms with Crippen LogP contribution >= 0.6 is 0 Å². The van der Waals surface area contributed by atoms with Crippen LogP contribution in [0.2, 0.25) is 0 Å². The lowest BCUT2D eigenvalue weighted by molar-refractivity contribution is 0.0335. The molecule has 0 aliphatic heterocycles. The highest BCUT2D eigenvalue weighted by Crippen LogP contribution is 2.28. The van der Waals surface area contributed by atoms with Gasteiger partial charge in [0.15, 0.2) is 0 Å². The third-order valence-corrected chi connectivity index (χ3v) is 2.79. The van der Waals surface area contributed by atoms with E-state index < -0.39 is 0 Å². The molecule has 0 heterocycles. The Hall–Kier alpha value is -1.68. The molecule has 0 aliphatic carbocycles. The zero-order valence-electron chi connectivity index (χ0n) is 9.49. The molecule has 0 radical (unpaired) electrons. The van der Waals surface area contributed by atoms with Gasteiger partial charge in [0.25, 0.3) is 0 Å². The van der Waals surface area contributed by atoms with Gasteiger partial charge in [0.1, 0.15) is 6.10 Å². The average Bonchev–Trinajstić information content (AvgIpc) is 2.42. The van der Waals surface area contributed by atoms with Crippen LogP contribution in [0.15, 0.2) is 60.7 Å². The van der Waals surface area contributed by atoms with Gasteiger partial charge in [-0.1, -0.05) is 60.7 Å². The number of benzene rings is 2. The van der Waals surface area contributed by atoms with E-state index in [1.54, 1.807) is 0 Å². The predicted molar refractivity (Wildman–Crippen MR) is 67.8 cm³/mol. The van der Waals surface area contributed by atoms with Gasteiger partial charge < -0.3 is 5.73 Å². The van der Waals surface area contributed by atoms with E-state index >= 15 is 0 Å². The molecule has 0 amide bonds. The summed E-state index contributed by atoms with van der Waals surface area (Å²) in [4.78, 5) is 5.03. The first kappa shape index (κ1) is 11.8. The first-order valence-electron chi connectivity index (χ1n) is 5.54. The monoisotopic (exact) mass is 228 g/mol. The summed E-state index contributed by atoms with van der Waals surface area (Å²) in [5, 5.41) is 0. The van der Waals surface area contributed by atoms with Crippen LogP contribution in [0.25, 0.3) is 0 Å². The minimum absolute atomic E-state index is 0.274. The number of hydrogen-bond donors (Lipinski definition) is 2. The fraction of sp³-hybridized carbons (Fsp3) is 0.143. The van der Waals surface area contributed by atoms with Gasteiger partial charge in [0, 0.05) is 0 Å². The van der Waals surface area contributed by atoms with Crippen molar-refractivity contribution in [3.05, 3.63) is 71.8 Å². The lowest BCUT2D eigenvalue weighted by atomic mass is 9.97. The Labute approximate surface area is 101 Å². The van der Waals surface area contributed by atoms with E-state index in [1.165, 1.54) is 0 Å². The van der Waals surface area contributed by atoms with Gasteiger partial charge in [0.2, 0.25) is 0 Å². The molecule has 0 saturated heterocycles. The normalized spacial score (nSPS) is 14.2. The molecule has 0 aromatic heterocycles. The van der Waals surface area contributed by atoms with Gasteiger partial charge in [0.05, 0.1) is 6.04 Å². The quantitative estimate of drug-likeness (QED) is 0.789. The predicted octanol–water partition coefficient (Wildman–Crippen LogP) is 2.32. The lowest BCUT2D eigenvalue weighted by Crippen LogP contribution is -2.24. The van der Waals surface area contributed by atoms with Gasteiger partial charge in [-0.3, -0.25) is 4.84 Å². The molecular formula is C14H16N2O. The van der Waals surface area contributed by atoms with Crippen LogP contribution in [-0.2, 0) is 4.84 Å². The highest BCUT2D eigenvalue weighted by molar-refractivity contribution is 5.25. The molecule has 4 N–H and O–H groups in total. The van der Waals surface area contributed by atoms with Crippen LogP contribution in [0, 0.1) is 0 Å². The molecule has 88 valence electrons. The Bertz CT molecular complexity index is 444. The van der Waals surface area contributed by atoms with Crippen molar-refractivity contribution in [3.63, 3.8) is 0 Å². The van der Waals surface area contributed by atoms with Crippen LogP contribution < -0.4 is 11.6 Å². The molecule has 3 heteroatoms. The van der Waals surface area contributed by atoms with Crippen LogP contribution in [0.4, 0.5) is 0 Å². The highest BCUT2D eigenvalue weighted by atomic mass is 16.6. The minimum Gasteiger partial charge on any atom is -0.321 e. The summed E-state index contributed by atoms with van der Waals surface area (Å²) >= 11 is 0. The maximum atomic E-state index is 6.18. The zero-order valence-corrected chi connectivity index (χ0v) is 9.49. The molecule has 2 atom stereocenters. The summed E-state index contributed by atoms with van der Waals surface area (Å²) in [6.45, 7) is 0. The summed E-state index contributed by atoms with van der Waals surface area (Å²) in [6.07, 6.45) is -0.335. The first-order chi connectivity index (χ1) is 8.33. The SMILES string of the molecule is NO[C@H](c1ccccc1)[C@@H](N)c1ccccc1. The van der Waals surface area contributed by atoms with Gasteiger partial charge in [-0.25, -0.2) is 5.90 Å². The number of hydrogen-bond acceptors (Lipinski definition) is 3. The fourth-order valence-corrected chi connectivity index (χ4v) is 1.86. The van der Waals surface area contributed by atoms with E-state index in [1.807, 2.05) is 60.7 Å². The maximum absolute atomic E-state index is 6.18. The molecule has 0 bridgehead atoms. The summed E-state index contributed by atoms with van der Waals surface area (Å²) in [7, 11) is 0. The van der Waals surface area contributed by atoms with Gasteiger partial charge in [-0.05, 0) is 11.1 Å². The van der Waals surface area contributed by atoms with E-state index in [4.69, 9.17) is 16.5 Å². The van der Waals surface area contributed by atoms with Gasteiger partial charge in [-0.15, -0.1) is 0 Å². The number of rotatable bonds is 4. The van der Waals surface area contributed by atoms with Gasteiger partial charge in [-0.2, -0.15) is 0 Å². The van der Waals surface area contributed by atoms with Crippen LogP contribution in [0.3, 0.4) is 0 Å². The molecule has 0 fully saturated rings.